The van der Waals surface area contributed by atoms with E-state index in [2.05, 4.69) is 5.32 Å². The third kappa shape index (κ3) is 4.75. The second kappa shape index (κ2) is 5.07. The van der Waals surface area contributed by atoms with Crippen molar-refractivity contribution >= 4 is 15.6 Å². The van der Waals surface area contributed by atoms with Crippen LogP contribution in [0.25, 0.3) is 0 Å². The number of carbonyl (C=O) groups is 1. The quantitative estimate of drug-likeness (QED) is 0.762. The molecule has 1 fully saturated rings. The van der Waals surface area contributed by atoms with E-state index in [0.29, 0.717) is 25.3 Å². The first-order chi connectivity index (χ1) is 6.89. The molecule has 0 radical (unpaired) electrons. The Kier molecular flexibility index (Phi) is 4.28. The van der Waals surface area contributed by atoms with Crippen molar-refractivity contribution in [1.29, 1.82) is 0 Å². The minimum absolute atomic E-state index is 0.108. The highest BCUT2D eigenvalue weighted by Gasteiger charge is 2.25. The van der Waals surface area contributed by atoms with E-state index in [1.165, 1.54) is 0 Å². The zero-order chi connectivity index (χ0) is 11.5. The molecule has 0 bridgehead atoms. The zero-order valence-corrected chi connectivity index (χ0v) is 10.1. The van der Waals surface area contributed by atoms with Crippen molar-refractivity contribution in [1.82, 2.24) is 5.32 Å². The zero-order valence-electron chi connectivity index (χ0n) is 9.32. The van der Waals surface area contributed by atoms with Crippen molar-refractivity contribution in [2.24, 2.45) is 5.92 Å². The average Bonchev–Trinajstić information content (AvgIpc) is 1.99. The van der Waals surface area contributed by atoms with E-state index in [-0.39, 0.29) is 23.3 Å². The van der Waals surface area contributed by atoms with E-state index in [4.69, 9.17) is 0 Å². The summed E-state index contributed by atoms with van der Waals surface area (Å²) in [4.78, 5) is 11.5. The molecule has 4 nitrogen and oxygen atoms in total. The predicted octanol–water partition coefficient (Wildman–Crippen LogP) is 0.378. The van der Waals surface area contributed by atoms with Gasteiger partial charge in [0.25, 0.3) is 0 Å². The molecule has 0 spiro atoms. The van der Waals surface area contributed by atoms with Crippen molar-refractivity contribution in [2.45, 2.75) is 32.7 Å². The van der Waals surface area contributed by atoms with Crippen molar-refractivity contribution in [3.63, 3.8) is 0 Å². The molecular weight excluding hydrogens is 214 g/mol. The van der Waals surface area contributed by atoms with Crippen LogP contribution in [0.2, 0.25) is 0 Å². The number of Topliss-reactive ketones (excluding diaryl/α,β-unsaturated/α-hetero) is 1. The fourth-order valence-corrected chi connectivity index (χ4v) is 3.26. The fourth-order valence-electron chi connectivity index (χ4n) is 1.81. The van der Waals surface area contributed by atoms with Crippen LogP contribution < -0.4 is 5.32 Å². The van der Waals surface area contributed by atoms with Crippen molar-refractivity contribution in [3.05, 3.63) is 0 Å². The number of ketones is 1. The lowest BCUT2D eigenvalue weighted by Gasteiger charge is -2.23. The van der Waals surface area contributed by atoms with E-state index in [0.717, 1.165) is 0 Å². The Morgan fingerprint density at radius 1 is 1.47 bits per heavy atom. The van der Waals surface area contributed by atoms with Crippen LogP contribution in [0.5, 0.6) is 0 Å². The predicted molar refractivity (Wildman–Crippen MR) is 59.5 cm³/mol. The summed E-state index contributed by atoms with van der Waals surface area (Å²) in [5.74, 6) is 0.802. The molecular formula is C10H19NO3S. The number of hydrogen-bond acceptors (Lipinski definition) is 4. The topological polar surface area (TPSA) is 63.2 Å². The lowest BCUT2D eigenvalue weighted by molar-refractivity contribution is -0.120. The Labute approximate surface area is 91.4 Å². The van der Waals surface area contributed by atoms with Gasteiger partial charge in [0.05, 0.1) is 11.5 Å². The summed E-state index contributed by atoms with van der Waals surface area (Å²) in [6, 6.07) is -0.171. The normalized spacial score (nSPS) is 25.4. The Morgan fingerprint density at radius 2 is 2.13 bits per heavy atom. The van der Waals surface area contributed by atoms with Crippen LogP contribution in [0.3, 0.4) is 0 Å². The first-order valence-electron chi connectivity index (χ1n) is 5.34. The Hall–Kier alpha value is -0.420. The highest BCUT2D eigenvalue weighted by atomic mass is 32.2. The summed E-state index contributed by atoms with van der Waals surface area (Å²) in [5.41, 5.74) is 0. The summed E-state index contributed by atoms with van der Waals surface area (Å²) in [5, 5.41) is 3.08. The smallest absolute Gasteiger partial charge is 0.153 e. The van der Waals surface area contributed by atoms with Crippen LogP contribution in [0.15, 0.2) is 0 Å². The minimum Gasteiger partial charge on any atom is -0.312 e. The molecule has 1 heterocycles. The first-order valence-corrected chi connectivity index (χ1v) is 7.16. The number of hydrogen-bond donors (Lipinski definition) is 1. The third-order valence-electron chi connectivity index (χ3n) is 2.41. The van der Waals surface area contributed by atoms with Crippen LogP contribution in [0.1, 0.15) is 26.7 Å². The Bertz CT molecular complexity index is 322. The van der Waals surface area contributed by atoms with Gasteiger partial charge in [0, 0.05) is 25.4 Å². The highest BCUT2D eigenvalue weighted by molar-refractivity contribution is 7.91. The lowest BCUT2D eigenvalue weighted by atomic mass is 10.0. The number of nitrogens with one attached hydrogen (secondary N) is 1. The maximum Gasteiger partial charge on any atom is 0.153 e. The second-order valence-electron chi connectivity index (χ2n) is 4.61. The van der Waals surface area contributed by atoms with Gasteiger partial charge in [-0.1, -0.05) is 13.8 Å². The van der Waals surface area contributed by atoms with Crippen LogP contribution in [0.4, 0.5) is 0 Å². The van der Waals surface area contributed by atoms with Gasteiger partial charge in [0.15, 0.2) is 9.84 Å². The van der Waals surface area contributed by atoms with Crippen molar-refractivity contribution in [3.8, 4) is 0 Å². The summed E-state index contributed by atoms with van der Waals surface area (Å²) in [6.45, 7) is 4.45. The SMILES string of the molecule is CC(C)CC(=O)CC1CS(=O)(=O)CCN1. The molecule has 0 saturated carbocycles. The molecule has 1 unspecified atom stereocenters. The van der Waals surface area contributed by atoms with Gasteiger partial charge in [0.2, 0.25) is 0 Å². The van der Waals surface area contributed by atoms with E-state index < -0.39 is 9.84 Å². The molecule has 1 atom stereocenters. The van der Waals surface area contributed by atoms with Crippen molar-refractivity contribution < 1.29 is 13.2 Å². The molecule has 15 heavy (non-hydrogen) atoms. The maximum absolute atomic E-state index is 11.5. The number of sulfone groups is 1. The number of rotatable bonds is 4. The lowest BCUT2D eigenvalue weighted by Crippen LogP contribution is -2.46. The fraction of sp³-hybridized carbons (Fsp3) is 0.900. The van der Waals surface area contributed by atoms with Crippen molar-refractivity contribution in [2.75, 3.05) is 18.1 Å². The van der Waals surface area contributed by atoms with Gasteiger partial charge < -0.3 is 5.32 Å². The van der Waals surface area contributed by atoms with Gasteiger partial charge in [-0.3, -0.25) is 4.79 Å². The largest absolute Gasteiger partial charge is 0.312 e. The minimum atomic E-state index is -2.92. The standard InChI is InChI=1S/C10H19NO3S/c1-8(2)5-10(12)6-9-7-15(13,14)4-3-11-9/h8-9,11H,3-7H2,1-2H3. The van der Waals surface area contributed by atoms with E-state index in [9.17, 15) is 13.2 Å². The first kappa shape index (κ1) is 12.6. The molecule has 1 aliphatic heterocycles. The highest BCUT2D eigenvalue weighted by Crippen LogP contribution is 2.09. The third-order valence-corrected chi connectivity index (χ3v) is 4.15. The summed E-state index contributed by atoms with van der Waals surface area (Å²) < 4.78 is 22.6. The summed E-state index contributed by atoms with van der Waals surface area (Å²) in [7, 11) is -2.92. The second-order valence-corrected chi connectivity index (χ2v) is 6.83. The van der Waals surface area contributed by atoms with E-state index in [1.54, 1.807) is 0 Å². The maximum atomic E-state index is 11.5. The molecule has 1 aliphatic rings. The Balaban J connectivity index is 2.42. The molecule has 5 heteroatoms. The molecule has 0 aromatic rings. The van der Waals surface area contributed by atoms with E-state index >= 15 is 0 Å². The molecule has 1 saturated heterocycles. The van der Waals surface area contributed by atoms with Gasteiger partial charge in [-0.05, 0) is 5.92 Å². The molecule has 0 aliphatic carbocycles. The number of carbonyl (C=O) groups excluding carboxylic acids is 1. The van der Waals surface area contributed by atoms with E-state index in [1.807, 2.05) is 13.8 Å². The molecule has 0 amide bonds. The van der Waals surface area contributed by atoms with Crippen LogP contribution in [-0.4, -0.2) is 38.3 Å². The summed E-state index contributed by atoms with van der Waals surface area (Å²) >= 11 is 0. The summed E-state index contributed by atoms with van der Waals surface area (Å²) in [6.07, 6.45) is 0.885. The monoisotopic (exact) mass is 233 g/mol. The molecule has 1 N–H and O–H groups in total. The van der Waals surface area contributed by atoms with Crippen LogP contribution in [0, 0.1) is 5.92 Å². The van der Waals surface area contributed by atoms with Gasteiger partial charge >= 0.3 is 0 Å². The molecule has 1 rings (SSSR count). The van der Waals surface area contributed by atoms with Gasteiger partial charge in [-0.25, -0.2) is 8.42 Å². The molecule has 88 valence electrons. The molecule has 0 aromatic heterocycles. The van der Waals surface area contributed by atoms with Gasteiger partial charge in [-0.2, -0.15) is 0 Å². The molecule has 0 aromatic carbocycles. The van der Waals surface area contributed by atoms with Gasteiger partial charge in [0.1, 0.15) is 5.78 Å². The van der Waals surface area contributed by atoms with Gasteiger partial charge in [-0.15, -0.1) is 0 Å². The Morgan fingerprint density at radius 3 is 2.67 bits per heavy atom. The van der Waals surface area contributed by atoms with Crippen LogP contribution >= 0.6 is 0 Å². The van der Waals surface area contributed by atoms with Crippen LogP contribution in [-0.2, 0) is 14.6 Å². The average molecular weight is 233 g/mol.